The molecule has 0 aromatic carbocycles. The Balaban J connectivity index is -0.00000163. The molecule has 1 aliphatic carbocycles. The molecule has 27 heavy (non-hydrogen) atoms. The monoisotopic (exact) mass is 390 g/mol. The van der Waals surface area contributed by atoms with Crippen molar-refractivity contribution in [3.63, 3.8) is 0 Å². The zero-order valence-corrected chi connectivity index (χ0v) is 17.6. The van der Waals surface area contributed by atoms with E-state index in [2.05, 4.69) is 10.6 Å². The van der Waals surface area contributed by atoms with Crippen LogP contribution in [-0.4, -0.2) is 56.1 Å². The van der Waals surface area contributed by atoms with E-state index in [9.17, 15) is 14.4 Å². The second-order valence-electron chi connectivity index (χ2n) is 6.79. The third-order valence-corrected chi connectivity index (χ3v) is 4.27. The summed E-state index contributed by atoms with van der Waals surface area (Å²) in [6.07, 6.45) is 3.67. The van der Waals surface area contributed by atoms with Crippen LogP contribution in [0.2, 0.25) is 0 Å². The van der Waals surface area contributed by atoms with Gasteiger partial charge in [0, 0.05) is 21.2 Å². The summed E-state index contributed by atoms with van der Waals surface area (Å²) in [4.78, 5) is 34.9. The van der Waals surface area contributed by atoms with Crippen molar-refractivity contribution in [2.45, 2.75) is 78.9 Å². The van der Waals surface area contributed by atoms with E-state index in [1.807, 2.05) is 27.7 Å². The van der Waals surface area contributed by atoms with E-state index < -0.39 is 0 Å². The first-order chi connectivity index (χ1) is 12.9. The van der Waals surface area contributed by atoms with Gasteiger partial charge in [-0.2, -0.15) is 0 Å². The molecule has 7 nitrogen and oxygen atoms in total. The molecule has 1 rings (SSSR count). The van der Waals surface area contributed by atoms with Crippen LogP contribution in [0.4, 0.5) is 0 Å². The maximum absolute atomic E-state index is 11.9. The molecule has 0 atom stereocenters. The number of hydrogen-bond acceptors (Lipinski definition) is 5. The predicted molar refractivity (Wildman–Crippen MR) is 110 cm³/mol. The van der Waals surface area contributed by atoms with E-state index in [0.717, 1.165) is 25.7 Å². The number of nitrogens with one attached hydrogen (secondary N) is 2. The van der Waals surface area contributed by atoms with Crippen molar-refractivity contribution in [1.29, 1.82) is 0 Å². The summed E-state index contributed by atoms with van der Waals surface area (Å²) in [5.41, 5.74) is 0. The van der Waals surface area contributed by atoms with E-state index in [0.29, 0.717) is 19.8 Å². The highest BCUT2D eigenvalue weighted by Gasteiger charge is 2.24. The van der Waals surface area contributed by atoms with Crippen molar-refractivity contribution in [1.82, 2.24) is 10.6 Å². The van der Waals surface area contributed by atoms with Gasteiger partial charge >= 0.3 is 0 Å². The average Bonchev–Trinajstić information content (AvgIpc) is 2.64. The van der Waals surface area contributed by atoms with Gasteiger partial charge in [0.25, 0.3) is 0 Å². The van der Waals surface area contributed by atoms with Crippen LogP contribution in [0.3, 0.4) is 0 Å². The lowest BCUT2D eigenvalue weighted by atomic mass is 9.84. The molecule has 0 aromatic heterocycles. The van der Waals surface area contributed by atoms with Crippen molar-refractivity contribution in [2.75, 3.05) is 26.4 Å². The van der Waals surface area contributed by atoms with Gasteiger partial charge in [-0.3, -0.25) is 14.4 Å². The van der Waals surface area contributed by atoms with Crippen LogP contribution in [0, 0.1) is 5.92 Å². The summed E-state index contributed by atoms with van der Waals surface area (Å²) < 4.78 is 10.6. The Bertz CT molecular complexity index is 443. The van der Waals surface area contributed by atoms with Gasteiger partial charge in [-0.1, -0.05) is 13.8 Å². The van der Waals surface area contributed by atoms with Gasteiger partial charge in [-0.05, 0) is 46.5 Å². The third-order valence-electron chi connectivity index (χ3n) is 4.27. The normalized spacial score (nSPS) is 19.0. The van der Waals surface area contributed by atoms with Crippen LogP contribution in [0.5, 0.6) is 0 Å². The summed E-state index contributed by atoms with van der Waals surface area (Å²) >= 11 is 0. The largest absolute Gasteiger partial charge is 0.379 e. The second kappa shape index (κ2) is 15.6. The molecule has 2 N–H and O–H groups in total. The van der Waals surface area contributed by atoms with E-state index in [1.165, 1.54) is 0 Å². The lowest BCUT2D eigenvalue weighted by Gasteiger charge is -2.27. The molecule has 2 amide bonds. The molecule has 1 aliphatic rings. The molecule has 0 unspecified atom stereocenters. The van der Waals surface area contributed by atoms with Crippen molar-refractivity contribution in [3.8, 4) is 0 Å². The molecule has 0 saturated heterocycles. The van der Waals surface area contributed by atoms with Gasteiger partial charge < -0.3 is 20.1 Å². The lowest BCUT2D eigenvalue weighted by molar-refractivity contribution is -0.127. The molecule has 162 valence electrons. The van der Waals surface area contributed by atoms with Gasteiger partial charge in [-0.15, -0.1) is 0 Å². The highest BCUT2D eigenvalue weighted by atomic mass is 16.5. The van der Waals surface area contributed by atoms with Gasteiger partial charge in [-0.25, -0.2) is 0 Å². The Morgan fingerprint density at radius 3 is 2.19 bits per heavy atom. The minimum atomic E-state index is -0.208. The summed E-state index contributed by atoms with van der Waals surface area (Å²) in [5.74, 6) is -0.0279. The first-order valence-corrected chi connectivity index (χ1v) is 10.1. The highest BCUT2D eigenvalue weighted by molar-refractivity contribution is 5.84. The lowest BCUT2D eigenvalue weighted by Crippen LogP contribution is -2.43. The second-order valence-corrected chi connectivity index (χ2v) is 6.79. The van der Waals surface area contributed by atoms with Gasteiger partial charge in [0.2, 0.25) is 11.8 Å². The number of Topliss-reactive ketones (excluding diaryl/α,β-unsaturated/α-hetero) is 1. The van der Waals surface area contributed by atoms with Crippen molar-refractivity contribution < 1.29 is 26.7 Å². The molecule has 0 aromatic rings. The fourth-order valence-corrected chi connectivity index (χ4v) is 2.80. The molecule has 0 bridgehead atoms. The Kier molecular flexibility index (Phi) is 14.7. The third kappa shape index (κ3) is 13.4. The van der Waals surface area contributed by atoms with Crippen LogP contribution < -0.4 is 10.6 Å². The van der Waals surface area contributed by atoms with Crippen LogP contribution in [0.1, 0.15) is 69.6 Å². The van der Waals surface area contributed by atoms with Gasteiger partial charge in [0.1, 0.15) is 5.78 Å². The molecule has 0 spiro atoms. The minimum Gasteiger partial charge on any atom is -0.379 e. The number of carbonyl (C=O) groups is 3. The van der Waals surface area contributed by atoms with E-state index >= 15 is 0 Å². The first-order valence-electron chi connectivity index (χ1n) is 10.1. The molecule has 1 fully saturated rings. The van der Waals surface area contributed by atoms with Crippen molar-refractivity contribution >= 4 is 17.6 Å². The van der Waals surface area contributed by atoms with Crippen LogP contribution in [0.15, 0.2) is 0 Å². The van der Waals surface area contributed by atoms with Crippen molar-refractivity contribution in [3.05, 3.63) is 0 Å². The molecule has 7 heteroatoms. The number of rotatable bonds is 11. The van der Waals surface area contributed by atoms with Crippen molar-refractivity contribution in [2.24, 2.45) is 5.92 Å². The summed E-state index contributed by atoms with van der Waals surface area (Å²) in [6.45, 7) is 10.8. The van der Waals surface area contributed by atoms with E-state index in [4.69, 9.17) is 9.47 Å². The Hall–Kier alpha value is -1.47. The topological polar surface area (TPSA) is 93.7 Å². The molecular formula is C20H42N2O5. The fraction of sp³-hybridized carbons (Fsp3) is 0.850. The standard InChI is InChI=1S/C18H32N2O5.C2H6.2H2/c1-13(2)25-11-10-24-9-8-17(22)19-12-18(23)20-16-6-4-15(5-7-16)14(3)21;1-2;;/h13,15-16H,4-12H2,1-3H3,(H,19,22)(H,20,23);1-2H3;2*1H. The zero-order valence-electron chi connectivity index (χ0n) is 17.6. The Morgan fingerprint density at radius 2 is 1.63 bits per heavy atom. The zero-order chi connectivity index (χ0) is 20.7. The number of ether oxygens (including phenoxy) is 2. The van der Waals surface area contributed by atoms with Crippen LogP contribution in [0.25, 0.3) is 0 Å². The minimum absolute atomic E-state index is 0. The van der Waals surface area contributed by atoms with Crippen LogP contribution >= 0.6 is 0 Å². The SMILES string of the molecule is CC.CC(=O)C1CCC(NC(=O)CNC(=O)CCOCCOC(C)C)CC1.[HH].[HH]. The fourth-order valence-electron chi connectivity index (χ4n) is 2.80. The summed E-state index contributed by atoms with van der Waals surface area (Å²) in [6, 6.07) is 0.101. The summed E-state index contributed by atoms with van der Waals surface area (Å²) in [7, 11) is 0. The number of carbonyl (C=O) groups excluding carboxylic acids is 3. The van der Waals surface area contributed by atoms with E-state index in [-0.39, 0.29) is 51.5 Å². The maximum atomic E-state index is 11.9. The number of amides is 2. The molecular weight excluding hydrogens is 348 g/mol. The molecule has 0 aliphatic heterocycles. The van der Waals surface area contributed by atoms with E-state index in [1.54, 1.807) is 6.92 Å². The Morgan fingerprint density at radius 1 is 1.00 bits per heavy atom. The number of hydrogen-bond donors (Lipinski definition) is 2. The molecule has 0 heterocycles. The maximum Gasteiger partial charge on any atom is 0.239 e. The quantitative estimate of drug-likeness (QED) is 0.529. The van der Waals surface area contributed by atoms with Gasteiger partial charge in [0.05, 0.1) is 32.5 Å². The highest BCUT2D eigenvalue weighted by Crippen LogP contribution is 2.24. The molecule has 1 saturated carbocycles. The Labute approximate surface area is 166 Å². The van der Waals surface area contributed by atoms with Gasteiger partial charge in [0.15, 0.2) is 0 Å². The summed E-state index contributed by atoms with van der Waals surface area (Å²) in [5, 5.41) is 5.51. The average molecular weight is 391 g/mol. The predicted octanol–water partition coefficient (Wildman–Crippen LogP) is 2.72. The molecule has 0 radical (unpaired) electrons. The smallest absolute Gasteiger partial charge is 0.239 e. The first kappa shape index (κ1) is 25.5. The van der Waals surface area contributed by atoms with Crippen LogP contribution in [-0.2, 0) is 23.9 Å². The number of ketones is 1.